The van der Waals surface area contributed by atoms with Crippen LogP contribution in [0.2, 0.25) is 0 Å². The van der Waals surface area contributed by atoms with Crippen molar-refractivity contribution < 1.29 is 14.3 Å². The summed E-state index contributed by atoms with van der Waals surface area (Å²) in [6.45, 7) is 5.82. The predicted molar refractivity (Wildman–Crippen MR) is 67.1 cm³/mol. The maximum absolute atomic E-state index is 12.4. The molecule has 1 unspecified atom stereocenters. The number of urea groups is 1. The third-order valence-electron chi connectivity index (χ3n) is 4.15. The van der Waals surface area contributed by atoms with Crippen molar-refractivity contribution in [1.82, 2.24) is 10.2 Å². The van der Waals surface area contributed by atoms with E-state index in [1.165, 1.54) is 4.90 Å². The van der Waals surface area contributed by atoms with Gasteiger partial charge in [-0.1, -0.05) is 13.8 Å². The first kappa shape index (κ1) is 13.3. The van der Waals surface area contributed by atoms with E-state index in [0.717, 1.165) is 19.4 Å². The number of nitrogens with zero attached hydrogens (tertiary/aromatic N) is 1. The summed E-state index contributed by atoms with van der Waals surface area (Å²) in [6, 6.07) is -0.241. The Labute approximate surface area is 108 Å². The Morgan fingerprint density at radius 2 is 2.11 bits per heavy atom. The summed E-state index contributed by atoms with van der Waals surface area (Å²) >= 11 is 0. The van der Waals surface area contributed by atoms with Crippen molar-refractivity contribution in [3.63, 3.8) is 0 Å². The second-order valence-electron chi connectivity index (χ2n) is 5.22. The van der Waals surface area contributed by atoms with Crippen LogP contribution in [-0.2, 0) is 9.53 Å². The highest BCUT2D eigenvalue weighted by Crippen LogP contribution is 2.26. The Morgan fingerprint density at radius 3 is 2.61 bits per heavy atom. The fourth-order valence-corrected chi connectivity index (χ4v) is 2.78. The lowest BCUT2D eigenvalue weighted by molar-refractivity contribution is -0.132. The molecule has 2 aliphatic rings. The number of carbonyl (C=O) groups excluding carboxylic acids is 2. The largest absolute Gasteiger partial charge is 0.381 e. The molecular weight excluding hydrogens is 232 g/mol. The van der Waals surface area contributed by atoms with Crippen LogP contribution in [0.4, 0.5) is 4.79 Å². The summed E-state index contributed by atoms with van der Waals surface area (Å²) in [5, 5.41) is 2.85. The quantitative estimate of drug-likeness (QED) is 0.774. The Bertz CT molecular complexity index is 333. The van der Waals surface area contributed by atoms with Crippen LogP contribution < -0.4 is 5.32 Å². The number of ether oxygens (including phenoxy) is 1. The molecule has 1 atom stereocenters. The van der Waals surface area contributed by atoms with E-state index in [1.54, 1.807) is 0 Å². The first-order chi connectivity index (χ1) is 8.63. The lowest BCUT2D eigenvalue weighted by atomic mass is 9.92. The minimum Gasteiger partial charge on any atom is -0.381 e. The van der Waals surface area contributed by atoms with Crippen molar-refractivity contribution in [3.05, 3.63) is 0 Å². The molecule has 0 aliphatic carbocycles. The SMILES string of the molecule is CCC1(CC)NC(=O)N(CC2CCCOC2)C1=O. The normalized spacial score (nSPS) is 27.4. The third kappa shape index (κ3) is 2.23. The zero-order chi connectivity index (χ0) is 13.2. The number of carbonyl (C=O) groups is 2. The van der Waals surface area contributed by atoms with Crippen LogP contribution in [-0.4, -0.2) is 42.1 Å². The molecule has 5 heteroatoms. The molecule has 5 nitrogen and oxygen atoms in total. The van der Waals surface area contributed by atoms with Gasteiger partial charge in [0.05, 0.1) is 6.61 Å². The standard InChI is InChI=1S/C13H22N2O3/c1-3-13(4-2)11(16)15(12(17)14-13)8-10-6-5-7-18-9-10/h10H,3-9H2,1-2H3,(H,14,17). The summed E-state index contributed by atoms with van der Waals surface area (Å²) in [4.78, 5) is 25.7. The minimum atomic E-state index is -0.674. The van der Waals surface area contributed by atoms with Gasteiger partial charge in [-0.25, -0.2) is 4.79 Å². The lowest BCUT2D eigenvalue weighted by Gasteiger charge is -2.27. The van der Waals surface area contributed by atoms with Gasteiger partial charge in [-0.3, -0.25) is 9.69 Å². The van der Waals surface area contributed by atoms with Crippen LogP contribution >= 0.6 is 0 Å². The molecule has 2 fully saturated rings. The second kappa shape index (κ2) is 5.26. The van der Waals surface area contributed by atoms with Crippen LogP contribution in [0.25, 0.3) is 0 Å². The van der Waals surface area contributed by atoms with Crippen LogP contribution in [0.15, 0.2) is 0 Å². The summed E-state index contributed by atoms with van der Waals surface area (Å²) in [5.74, 6) is 0.223. The summed E-state index contributed by atoms with van der Waals surface area (Å²) in [5.41, 5.74) is -0.674. The zero-order valence-corrected chi connectivity index (χ0v) is 11.2. The first-order valence-corrected chi connectivity index (χ1v) is 6.85. The topological polar surface area (TPSA) is 58.6 Å². The molecule has 0 aromatic rings. The highest BCUT2D eigenvalue weighted by atomic mass is 16.5. The van der Waals surface area contributed by atoms with Gasteiger partial charge in [0.2, 0.25) is 0 Å². The highest BCUT2D eigenvalue weighted by molar-refractivity contribution is 6.07. The highest BCUT2D eigenvalue weighted by Gasteiger charge is 2.48. The number of amides is 3. The molecular formula is C13H22N2O3. The molecule has 0 bridgehead atoms. The Balaban J connectivity index is 2.04. The van der Waals surface area contributed by atoms with E-state index in [2.05, 4.69) is 5.32 Å². The molecule has 2 heterocycles. The van der Waals surface area contributed by atoms with Crippen molar-refractivity contribution in [2.24, 2.45) is 5.92 Å². The van der Waals surface area contributed by atoms with Crippen LogP contribution in [0.1, 0.15) is 39.5 Å². The van der Waals surface area contributed by atoms with E-state index in [0.29, 0.717) is 26.0 Å². The van der Waals surface area contributed by atoms with E-state index in [-0.39, 0.29) is 17.9 Å². The lowest BCUT2D eigenvalue weighted by Crippen LogP contribution is -2.46. The predicted octanol–water partition coefficient (Wildman–Crippen LogP) is 1.52. The van der Waals surface area contributed by atoms with Gasteiger partial charge in [0.25, 0.3) is 5.91 Å². The molecule has 3 amide bonds. The molecule has 18 heavy (non-hydrogen) atoms. The van der Waals surface area contributed by atoms with Crippen molar-refractivity contribution in [1.29, 1.82) is 0 Å². The number of nitrogens with one attached hydrogen (secondary N) is 1. The number of imide groups is 1. The molecule has 2 saturated heterocycles. The Kier molecular flexibility index (Phi) is 3.90. The molecule has 0 aromatic carbocycles. The molecule has 0 aromatic heterocycles. The Hall–Kier alpha value is -1.10. The Morgan fingerprint density at radius 1 is 1.39 bits per heavy atom. The monoisotopic (exact) mass is 254 g/mol. The van der Waals surface area contributed by atoms with E-state index < -0.39 is 5.54 Å². The van der Waals surface area contributed by atoms with E-state index in [4.69, 9.17) is 4.74 Å². The number of hydrogen-bond acceptors (Lipinski definition) is 3. The van der Waals surface area contributed by atoms with Gasteiger partial charge in [-0.05, 0) is 25.7 Å². The maximum Gasteiger partial charge on any atom is 0.325 e. The molecule has 1 N–H and O–H groups in total. The average Bonchev–Trinajstić information content (AvgIpc) is 2.65. The number of rotatable bonds is 4. The smallest absolute Gasteiger partial charge is 0.325 e. The van der Waals surface area contributed by atoms with Gasteiger partial charge in [-0.2, -0.15) is 0 Å². The molecule has 2 rings (SSSR count). The maximum atomic E-state index is 12.4. The van der Waals surface area contributed by atoms with E-state index in [9.17, 15) is 9.59 Å². The molecule has 102 valence electrons. The van der Waals surface area contributed by atoms with Crippen molar-refractivity contribution in [2.45, 2.75) is 45.1 Å². The molecule has 2 aliphatic heterocycles. The van der Waals surface area contributed by atoms with Crippen molar-refractivity contribution >= 4 is 11.9 Å². The molecule has 0 radical (unpaired) electrons. The van der Waals surface area contributed by atoms with Gasteiger partial charge in [0.1, 0.15) is 5.54 Å². The van der Waals surface area contributed by atoms with Gasteiger partial charge < -0.3 is 10.1 Å². The van der Waals surface area contributed by atoms with Crippen molar-refractivity contribution in [2.75, 3.05) is 19.8 Å². The zero-order valence-electron chi connectivity index (χ0n) is 11.2. The molecule has 0 spiro atoms. The van der Waals surface area contributed by atoms with Gasteiger partial charge in [0, 0.05) is 19.1 Å². The van der Waals surface area contributed by atoms with E-state index in [1.807, 2.05) is 13.8 Å². The fraction of sp³-hybridized carbons (Fsp3) is 0.846. The van der Waals surface area contributed by atoms with Crippen molar-refractivity contribution in [3.8, 4) is 0 Å². The average molecular weight is 254 g/mol. The second-order valence-corrected chi connectivity index (χ2v) is 5.22. The van der Waals surface area contributed by atoms with Gasteiger partial charge >= 0.3 is 6.03 Å². The number of hydrogen-bond donors (Lipinski definition) is 1. The van der Waals surface area contributed by atoms with Crippen LogP contribution in [0.5, 0.6) is 0 Å². The van der Waals surface area contributed by atoms with Gasteiger partial charge in [-0.15, -0.1) is 0 Å². The molecule has 0 saturated carbocycles. The summed E-state index contributed by atoms with van der Waals surface area (Å²) < 4.78 is 5.40. The fourth-order valence-electron chi connectivity index (χ4n) is 2.78. The van der Waals surface area contributed by atoms with Crippen LogP contribution in [0, 0.1) is 5.92 Å². The minimum absolute atomic E-state index is 0.0666. The first-order valence-electron chi connectivity index (χ1n) is 6.85. The van der Waals surface area contributed by atoms with E-state index >= 15 is 0 Å². The summed E-state index contributed by atoms with van der Waals surface area (Å²) in [6.07, 6.45) is 3.33. The summed E-state index contributed by atoms with van der Waals surface area (Å²) in [7, 11) is 0. The third-order valence-corrected chi connectivity index (χ3v) is 4.15. The van der Waals surface area contributed by atoms with Gasteiger partial charge in [0.15, 0.2) is 0 Å². The van der Waals surface area contributed by atoms with Crippen LogP contribution in [0.3, 0.4) is 0 Å².